The average molecular weight is 387 g/mol. The molecule has 0 radical (unpaired) electrons. The largest absolute Gasteiger partial charge is 0.490 e. The highest BCUT2D eigenvalue weighted by Crippen LogP contribution is 2.28. The van der Waals surface area contributed by atoms with E-state index in [1.807, 2.05) is 45.0 Å². The van der Waals surface area contributed by atoms with E-state index in [1.54, 1.807) is 18.2 Å². The lowest BCUT2D eigenvalue weighted by atomic mass is 10.1. The molecule has 2 N–H and O–H groups in total. The predicted octanol–water partition coefficient (Wildman–Crippen LogP) is 3.27. The first-order valence-electron chi connectivity index (χ1n) is 9.55. The van der Waals surface area contributed by atoms with Crippen LogP contribution in [0.15, 0.2) is 42.5 Å². The maximum Gasteiger partial charge on any atom is 0.251 e. The average Bonchev–Trinajstić information content (AvgIpc) is 2.70. The molecule has 0 bridgehead atoms. The van der Waals surface area contributed by atoms with Crippen molar-refractivity contribution < 1.29 is 24.1 Å². The fraction of sp³-hybridized carbons (Fsp3) is 0.409. The molecule has 152 valence electrons. The van der Waals surface area contributed by atoms with Crippen molar-refractivity contribution >= 4 is 5.91 Å². The van der Waals surface area contributed by atoms with E-state index in [2.05, 4.69) is 5.32 Å². The van der Waals surface area contributed by atoms with Crippen LogP contribution in [0.1, 0.15) is 41.4 Å². The minimum absolute atomic E-state index is 0.0765. The normalized spacial score (nSPS) is 11.7. The number of carbonyl (C=O) groups is 1. The molecule has 0 aliphatic carbocycles. The van der Waals surface area contributed by atoms with Gasteiger partial charge in [0.2, 0.25) is 0 Å². The lowest BCUT2D eigenvalue weighted by molar-refractivity contribution is 0.0277. The van der Waals surface area contributed by atoms with E-state index >= 15 is 0 Å². The summed E-state index contributed by atoms with van der Waals surface area (Å²) in [5, 5.41) is 12.0. The fourth-order valence-corrected chi connectivity index (χ4v) is 2.73. The monoisotopic (exact) mass is 387 g/mol. The van der Waals surface area contributed by atoms with Gasteiger partial charge in [-0.15, -0.1) is 0 Å². The third-order valence-electron chi connectivity index (χ3n) is 4.11. The molecule has 6 nitrogen and oxygen atoms in total. The van der Waals surface area contributed by atoms with Crippen molar-refractivity contribution in [3.63, 3.8) is 0 Å². The van der Waals surface area contributed by atoms with E-state index in [1.165, 1.54) is 0 Å². The number of aliphatic hydroxyl groups is 1. The molecule has 0 spiro atoms. The number of amides is 1. The van der Waals surface area contributed by atoms with Crippen molar-refractivity contribution in [1.29, 1.82) is 0 Å². The highest BCUT2D eigenvalue weighted by Gasteiger charge is 2.16. The van der Waals surface area contributed by atoms with E-state index in [-0.39, 0.29) is 25.2 Å². The highest BCUT2D eigenvalue weighted by molar-refractivity contribution is 5.94. The quantitative estimate of drug-likeness (QED) is 0.619. The van der Waals surface area contributed by atoms with Crippen molar-refractivity contribution in [3.05, 3.63) is 59.2 Å². The molecular formula is C22H29NO5. The Kier molecular flexibility index (Phi) is 8.78. The standard InChI is InChI=1S/C22H29NO5/c1-4-26-19-11-10-18(14-20(19)27-5-2)22(25)23-15-21(28-13-12-24)17-8-6-16(3)7-9-17/h6-11,14,21,24H,4-5,12-13,15H2,1-3H3,(H,23,25). The number of benzene rings is 2. The Morgan fingerprint density at radius 3 is 2.36 bits per heavy atom. The number of nitrogens with one attached hydrogen (secondary N) is 1. The molecule has 1 amide bonds. The van der Waals surface area contributed by atoms with Gasteiger partial charge in [-0.1, -0.05) is 29.8 Å². The number of ether oxygens (including phenoxy) is 3. The first-order chi connectivity index (χ1) is 13.6. The van der Waals surface area contributed by atoms with Crippen LogP contribution in [0.25, 0.3) is 0 Å². The first kappa shape index (κ1) is 21.7. The fourth-order valence-electron chi connectivity index (χ4n) is 2.73. The summed E-state index contributed by atoms with van der Waals surface area (Å²) in [6.07, 6.45) is -0.342. The lowest BCUT2D eigenvalue weighted by Gasteiger charge is -2.19. The van der Waals surface area contributed by atoms with Gasteiger partial charge in [0.25, 0.3) is 5.91 Å². The SMILES string of the molecule is CCOc1ccc(C(=O)NCC(OCCO)c2ccc(C)cc2)cc1OCC. The summed E-state index contributed by atoms with van der Waals surface area (Å²) in [6, 6.07) is 13.0. The first-order valence-corrected chi connectivity index (χ1v) is 9.55. The maximum atomic E-state index is 12.6. The number of hydrogen-bond acceptors (Lipinski definition) is 5. The third kappa shape index (κ3) is 6.25. The zero-order valence-corrected chi connectivity index (χ0v) is 16.7. The van der Waals surface area contributed by atoms with Gasteiger partial charge in [-0.3, -0.25) is 4.79 Å². The minimum atomic E-state index is -0.342. The highest BCUT2D eigenvalue weighted by atomic mass is 16.5. The van der Waals surface area contributed by atoms with Crippen LogP contribution in [0, 0.1) is 6.92 Å². The lowest BCUT2D eigenvalue weighted by Crippen LogP contribution is -2.30. The van der Waals surface area contributed by atoms with Gasteiger partial charge in [0.05, 0.1) is 32.5 Å². The number of carbonyl (C=O) groups excluding carboxylic acids is 1. The summed E-state index contributed by atoms with van der Waals surface area (Å²) in [5.41, 5.74) is 2.57. The molecular weight excluding hydrogens is 358 g/mol. The van der Waals surface area contributed by atoms with Crippen LogP contribution in [-0.4, -0.2) is 44.0 Å². The molecule has 0 fully saturated rings. The van der Waals surface area contributed by atoms with E-state index in [9.17, 15) is 4.79 Å². The van der Waals surface area contributed by atoms with Crippen LogP contribution < -0.4 is 14.8 Å². The van der Waals surface area contributed by atoms with E-state index < -0.39 is 0 Å². The van der Waals surface area contributed by atoms with Crippen LogP contribution in [0.5, 0.6) is 11.5 Å². The smallest absolute Gasteiger partial charge is 0.251 e. The summed E-state index contributed by atoms with van der Waals surface area (Å²) >= 11 is 0. The Bertz CT molecular complexity index is 745. The zero-order chi connectivity index (χ0) is 20.4. The van der Waals surface area contributed by atoms with Gasteiger partial charge in [0.1, 0.15) is 0 Å². The van der Waals surface area contributed by atoms with Gasteiger partial charge in [-0.2, -0.15) is 0 Å². The number of rotatable bonds is 11. The molecule has 2 aromatic carbocycles. The molecule has 0 heterocycles. The second-order valence-electron chi connectivity index (χ2n) is 6.23. The van der Waals surface area contributed by atoms with Gasteiger partial charge in [0.15, 0.2) is 11.5 Å². The number of hydrogen-bond donors (Lipinski definition) is 2. The molecule has 0 aromatic heterocycles. The minimum Gasteiger partial charge on any atom is -0.490 e. The Labute approximate surface area is 166 Å². The van der Waals surface area contributed by atoms with Crippen molar-refractivity contribution in [2.45, 2.75) is 26.9 Å². The van der Waals surface area contributed by atoms with Crippen molar-refractivity contribution in [2.75, 3.05) is 33.0 Å². The molecule has 0 aliphatic rings. The molecule has 1 unspecified atom stereocenters. The van der Waals surface area contributed by atoms with Crippen LogP contribution in [0.3, 0.4) is 0 Å². The summed E-state index contributed by atoms with van der Waals surface area (Å²) in [5.74, 6) is 0.932. The second kappa shape index (κ2) is 11.3. The maximum absolute atomic E-state index is 12.6. The van der Waals surface area contributed by atoms with E-state index in [0.29, 0.717) is 36.8 Å². The Balaban J connectivity index is 2.08. The van der Waals surface area contributed by atoms with Gasteiger partial charge in [-0.05, 0) is 44.5 Å². The van der Waals surface area contributed by atoms with Crippen molar-refractivity contribution in [2.24, 2.45) is 0 Å². The third-order valence-corrected chi connectivity index (χ3v) is 4.11. The Morgan fingerprint density at radius 2 is 1.71 bits per heavy atom. The second-order valence-corrected chi connectivity index (χ2v) is 6.23. The molecule has 2 rings (SSSR count). The summed E-state index contributed by atoms with van der Waals surface area (Å²) in [7, 11) is 0. The summed E-state index contributed by atoms with van der Waals surface area (Å²) in [6.45, 7) is 7.21. The predicted molar refractivity (Wildman–Crippen MR) is 108 cm³/mol. The molecule has 6 heteroatoms. The van der Waals surface area contributed by atoms with Crippen LogP contribution in [-0.2, 0) is 4.74 Å². The van der Waals surface area contributed by atoms with Crippen LogP contribution in [0.4, 0.5) is 0 Å². The summed E-state index contributed by atoms with van der Waals surface area (Å²) < 4.78 is 16.8. The molecule has 0 aliphatic heterocycles. The molecule has 1 atom stereocenters. The van der Waals surface area contributed by atoms with Crippen LogP contribution >= 0.6 is 0 Å². The van der Waals surface area contributed by atoms with Crippen molar-refractivity contribution in [3.8, 4) is 11.5 Å². The van der Waals surface area contributed by atoms with E-state index in [0.717, 1.165) is 11.1 Å². The Morgan fingerprint density at radius 1 is 1.04 bits per heavy atom. The molecule has 2 aromatic rings. The summed E-state index contributed by atoms with van der Waals surface area (Å²) in [4.78, 5) is 12.6. The molecule has 0 saturated heterocycles. The topological polar surface area (TPSA) is 77.0 Å². The van der Waals surface area contributed by atoms with Gasteiger partial charge >= 0.3 is 0 Å². The molecule has 0 saturated carbocycles. The van der Waals surface area contributed by atoms with Gasteiger partial charge in [-0.25, -0.2) is 0 Å². The Hall–Kier alpha value is -2.57. The number of aliphatic hydroxyl groups excluding tert-OH is 1. The zero-order valence-electron chi connectivity index (χ0n) is 16.7. The van der Waals surface area contributed by atoms with E-state index in [4.69, 9.17) is 19.3 Å². The van der Waals surface area contributed by atoms with Gasteiger partial charge in [0, 0.05) is 12.1 Å². The van der Waals surface area contributed by atoms with Gasteiger partial charge < -0.3 is 24.6 Å². The van der Waals surface area contributed by atoms with Crippen molar-refractivity contribution in [1.82, 2.24) is 5.32 Å². The molecule has 28 heavy (non-hydrogen) atoms. The van der Waals surface area contributed by atoms with Crippen LogP contribution in [0.2, 0.25) is 0 Å². The number of aryl methyl sites for hydroxylation is 1.